The van der Waals surface area contributed by atoms with Gasteiger partial charge >= 0.3 is 0 Å². The second-order valence-corrected chi connectivity index (χ2v) is 4.70. The molecule has 98 valence electrons. The van der Waals surface area contributed by atoms with Crippen molar-refractivity contribution in [1.82, 2.24) is 19.9 Å². The smallest absolute Gasteiger partial charge is 0.231 e. The van der Waals surface area contributed by atoms with Crippen molar-refractivity contribution in [2.75, 3.05) is 31.1 Å². The van der Waals surface area contributed by atoms with Crippen LogP contribution in [0.5, 0.6) is 0 Å². The first-order chi connectivity index (χ1) is 8.56. The topological polar surface area (TPSA) is 62.2 Å². The highest BCUT2D eigenvalue weighted by Gasteiger charge is 2.19. The first-order valence-electron chi connectivity index (χ1n) is 5.64. The van der Waals surface area contributed by atoms with Crippen LogP contribution in [-0.4, -0.2) is 51.9 Å². The van der Waals surface area contributed by atoms with E-state index in [1.54, 1.807) is 6.92 Å². The average Bonchev–Trinajstić information content (AvgIpc) is 2.52. The Morgan fingerprint density at radius 3 is 2.33 bits per heavy atom. The lowest BCUT2D eigenvalue weighted by atomic mass is 10.4. The van der Waals surface area contributed by atoms with Gasteiger partial charge in [-0.25, -0.2) is 0 Å². The van der Waals surface area contributed by atoms with Crippen molar-refractivity contribution in [2.24, 2.45) is 0 Å². The largest absolute Gasteiger partial charge is 0.341 e. The molecule has 0 unspecified atom stereocenters. The minimum Gasteiger partial charge on any atom is -0.341 e. The van der Waals surface area contributed by atoms with Crippen LogP contribution in [0.4, 0.5) is 5.95 Å². The maximum absolute atomic E-state index is 11.3. The number of halogens is 2. The molecule has 6 nitrogen and oxygen atoms in total. The molecule has 0 spiro atoms. The number of nitrogens with zero attached hydrogens (tertiary/aromatic N) is 5. The summed E-state index contributed by atoms with van der Waals surface area (Å²) < 4.78 is 0. The molecule has 18 heavy (non-hydrogen) atoms. The fourth-order valence-electron chi connectivity index (χ4n) is 1.89. The zero-order valence-electron chi connectivity index (χ0n) is 9.94. The van der Waals surface area contributed by atoms with Gasteiger partial charge in [-0.15, -0.1) is 0 Å². The molecule has 1 aromatic rings. The molecule has 0 saturated carbocycles. The molecule has 0 aliphatic carbocycles. The van der Waals surface area contributed by atoms with Gasteiger partial charge in [0.25, 0.3) is 0 Å². The predicted octanol–water partition coefficient (Wildman–Crippen LogP) is 1.24. The van der Waals surface area contributed by atoms with E-state index in [1.807, 2.05) is 9.80 Å². The van der Waals surface area contributed by atoms with Crippen LogP contribution in [0.3, 0.4) is 0 Å². The van der Waals surface area contributed by atoms with Gasteiger partial charge in [-0.1, -0.05) is 0 Å². The van der Waals surface area contributed by atoms with Gasteiger partial charge in [0.1, 0.15) is 0 Å². The zero-order chi connectivity index (χ0) is 13.1. The predicted molar refractivity (Wildman–Crippen MR) is 68.9 cm³/mol. The second-order valence-electron chi connectivity index (χ2n) is 4.02. The second kappa shape index (κ2) is 5.67. The minimum atomic E-state index is 0.0812. The van der Waals surface area contributed by atoms with E-state index in [9.17, 15) is 4.79 Å². The number of carbonyl (C=O) groups is 1. The number of hydrogen-bond acceptors (Lipinski definition) is 5. The van der Waals surface area contributed by atoms with Crippen LogP contribution in [0.25, 0.3) is 0 Å². The summed E-state index contributed by atoms with van der Waals surface area (Å²) in [5.74, 6) is 0.550. The lowest BCUT2D eigenvalue weighted by Crippen LogP contribution is -2.34. The fourth-order valence-corrected chi connectivity index (χ4v) is 2.24. The summed E-state index contributed by atoms with van der Waals surface area (Å²) in [5.41, 5.74) is 0. The van der Waals surface area contributed by atoms with Crippen molar-refractivity contribution in [1.29, 1.82) is 0 Å². The summed E-state index contributed by atoms with van der Waals surface area (Å²) in [5, 5.41) is 0.162. The van der Waals surface area contributed by atoms with E-state index < -0.39 is 0 Å². The zero-order valence-corrected chi connectivity index (χ0v) is 11.4. The summed E-state index contributed by atoms with van der Waals surface area (Å²) in [6, 6.07) is 0. The Morgan fingerprint density at radius 1 is 1.06 bits per heavy atom. The number of aromatic nitrogens is 3. The minimum absolute atomic E-state index is 0.0812. The maximum atomic E-state index is 11.3. The standard InChI is InChI=1S/C10H13Cl2N5O/c1-7(18)16-3-2-4-17(6-5-16)10-14-8(11)13-9(12)15-10/h2-6H2,1H3. The number of hydrogen-bond donors (Lipinski definition) is 0. The van der Waals surface area contributed by atoms with Crippen molar-refractivity contribution < 1.29 is 4.79 Å². The molecule has 0 radical (unpaired) electrons. The van der Waals surface area contributed by atoms with Gasteiger partial charge in [-0.05, 0) is 29.6 Å². The maximum Gasteiger partial charge on any atom is 0.231 e. The monoisotopic (exact) mass is 289 g/mol. The lowest BCUT2D eigenvalue weighted by Gasteiger charge is -2.21. The van der Waals surface area contributed by atoms with Gasteiger partial charge in [0, 0.05) is 33.1 Å². The van der Waals surface area contributed by atoms with Gasteiger partial charge in [0.05, 0.1) is 0 Å². The molecule has 1 aromatic heterocycles. The molecular weight excluding hydrogens is 277 g/mol. The van der Waals surface area contributed by atoms with Crippen LogP contribution in [0.1, 0.15) is 13.3 Å². The molecule has 1 fully saturated rings. The highest BCUT2D eigenvalue weighted by atomic mass is 35.5. The molecular formula is C10H13Cl2N5O. The van der Waals surface area contributed by atoms with E-state index >= 15 is 0 Å². The molecule has 1 saturated heterocycles. The molecule has 8 heteroatoms. The SMILES string of the molecule is CC(=O)N1CCCN(c2nc(Cl)nc(Cl)n2)CC1. The molecule has 0 atom stereocenters. The number of anilines is 1. The Bertz CT molecular complexity index is 436. The van der Waals surface area contributed by atoms with Gasteiger partial charge in [-0.3, -0.25) is 4.79 Å². The van der Waals surface area contributed by atoms with Gasteiger partial charge < -0.3 is 9.80 Å². The lowest BCUT2D eigenvalue weighted by molar-refractivity contribution is -0.128. The van der Waals surface area contributed by atoms with Crippen LogP contribution in [0.15, 0.2) is 0 Å². The third-order valence-corrected chi connectivity index (χ3v) is 3.13. The van der Waals surface area contributed by atoms with E-state index in [-0.39, 0.29) is 16.5 Å². The molecule has 0 aromatic carbocycles. The van der Waals surface area contributed by atoms with Gasteiger partial charge in [0.15, 0.2) is 0 Å². The van der Waals surface area contributed by atoms with E-state index in [4.69, 9.17) is 23.2 Å². The number of carbonyl (C=O) groups excluding carboxylic acids is 1. The van der Waals surface area contributed by atoms with Crippen molar-refractivity contribution in [3.63, 3.8) is 0 Å². The molecule has 1 aliphatic rings. The quantitative estimate of drug-likeness (QED) is 0.778. The van der Waals surface area contributed by atoms with Crippen molar-refractivity contribution in [2.45, 2.75) is 13.3 Å². The first kappa shape index (κ1) is 13.3. The van der Waals surface area contributed by atoms with E-state index in [0.717, 1.165) is 19.5 Å². The van der Waals surface area contributed by atoms with Crippen LogP contribution < -0.4 is 4.90 Å². The van der Waals surface area contributed by atoms with Crippen LogP contribution in [0.2, 0.25) is 10.6 Å². The summed E-state index contributed by atoms with van der Waals surface area (Å²) in [6.07, 6.45) is 0.862. The molecule has 1 amide bonds. The van der Waals surface area contributed by atoms with E-state index in [2.05, 4.69) is 15.0 Å². The van der Waals surface area contributed by atoms with Crippen molar-refractivity contribution >= 4 is 35.1 Å². The number of rotatable bonds is 1. The molecule has 0 bridgehead atoms. The molecule has 2 rings (SSSR count). The van der Waals surface area contributed by atoms with E-state index in [0.29, 0.717) is 19.0 Å². The Hall–Kier alpha value is -1.14. The highest BCUT2D eigenvalue weighted by molar-refractivity contribution is 6.31. The Morgan fingerprint density at radius 2 is 1.72 bits per heavy atom. The third-order valence-electron chi connectivity index (χ3n) is 2.79. The highest BCUT2D eigenvalue weighted by Crippen LogP contribution is 2.15. The fraction of sp³-hybridized carbons (Fsp3) is 0.600. The summed E-state index contributed by atoms with van der Waals surface area (Å²) in [6.45, 7) is 4.40. The van der Waals surface area contributed by atoms with Crippen molar-refractivity contribution in [3.05, 3.63) is 10.6 Å². The summed E-state index contributed by atoms with van der Waals surface area (Å²) in [7, 11) is 0. The van der Waals surface area contributed by atoms with Crippen LogP contribution >= 0.6 is 23.2 Å². The molecule has 0 N–H and O–H groups in total. The molecule has 1 aliphatic heterocycles. The Kier molecular flexibility index (Phi) is 4.19. The third kappa shape index (κ3) is 3.20. The van der Waals surface area contributed by atoms with Gasteiger partial charge in [-0.2, -0.15) is 15.0 Å². The molecule has 2 heterocycles. The Balaban J connectivity index is 2.12. The average molecular weight is 290 g/mol. The van der Waals surface area contributed by atoms with Crippen molar-refractivity contribution in [3.8, 4) is 0 Å². The van der Waals surface area contributed by atoms with Gasteiger partial charge in [0.2, 0.25) is 22.4 Å². The summed E-state index contributed by atoms with van der Waals surface area (Å²) >= 11 is 11.5. The van der Waals surface area contributed by atoms with E-state index in [1.165, 1.54) is 0 Å². The normalized spacial score (nSPS) is 16.6. The van der Waals surface area contributed by atoms with Crippen LogP contribution in [-0.2, 0) is 4.79 Å². The summed E-state index contributed by atoms with van der Waals surface area (Å²) in [4.78, 5) is 26.9. The Labute approximate surface area is 115 Å². The van der Waals surface area contributed by atoms with Crippen LogP contribution in [0, 0.1) is 0 Å². The number of amides is 1. The first-order valence-corrected chi connectivity index (χ1v) is 6.39.